The van der Waals surface area contributed by atoms with E-state index >= 15 is 0 Å². The predicted molar refractivity (Wildman–Crippen MR) is 86.1 cm³/mol. The van der Waals surface area contributed by atoms with Crippen LogP contribution < -0.4 is 0 Å². The highest BCUT2D eigenvalue weighted by atomic mass is 35.5. The maximum absolute atomic E-state index is 6.10. The van der Waals surface area contributed by atoms with Crippen molar-refractivity contribution in [3.05, 3.63) is 64.8 Å². The molecule has 0 aliphatic carbocycles. The first-order chi connectivity index (χ1) is 10.2. The number of benzene rings is 2. The van der Waals surface area contributed by atoms with Gasteiger partial charge in [0.1, 0.15) is 5.69 Å². The summed E-state index contributed by atoms with van der Waals surface area (Å²) in [5, 5.41) is 9.10. The minimum atomic E-state index is 0.299. The molecule has 0 fully saturated rings. The molecule has 0 saturated carbocycles. The molecule has 106 valence electrons. The average molecular weight is 318 g/mol. The highest BCUT2D eigenvalue weighted by molar-refractivity contribution is 6.30. The summed E-state index contributed by atoms with van der Waals surface area (Å²) in [6, 6.07) is 15.7. The molecule has 3 rings (SSSR count). The summed E-state index contributed by atoms with van der Waals surface area (Å²) in [7, 11) is 0. The molecule has 0 unspecified atom stereocenters. The summed E-state index contributed by atoms with van der Waals surface area (Å²) in [6.45, 7) is 2.04. The van der Waals surface area contributed by atoms with Gasteiger partial charge in [0.15, 0.2) is 0 Å². The Labute approximate surface area is 133 Å². The predicted octanol–water partition coefficient (Wildman–Crippen LogP) is 4.63. The molecule has 2 aromatic carbocycles. The molecule has 0 bridgehead atoms. The summed E-state index contributed by atoms with van der Waals surface area (Å²) < 4.78 is 1.80. The molecule has 0 atom stereocenters. The topological polar surface area (TPSA) is 30.7 Å². The minimum Gasteiger partial charge on any atom is -0.213 e. The van der Waals surface area contributed by atoms with Crippen LogP contribution in [0.4, 0.5) is 0 Å². The zero-order chi connectivity index (χ0) is 14.8. The van der Waals surface area contributed by atoms with Gasteiger partial charge < -0.3 is 0 Å². The number of hydrogen-bond donors (Lipinski definition) is 0. The van der Waals surface area contributed by atoms with Crippen LogP contribution in [0.1, 0.15) is 11.3 Å². The highest BCUT2D eigenvalue weighted by Gasteiger charge is 2.15. The van der Waals surface area contributed by atoms with E-state index in [9.17, 15) is 0 Å². The third-order valence-electron chi connectivity index (χ3n) is 3.21. The third-order valence-corrected chi connectivity index (χ3v) is 3.70. The van der Waals surface area contributed by atoms with E-state index in [1.54, 1.807) is 4.68 Å². The van der Waals surface area contributed by atoms with Gasteiger partial charge in [0, 0.05) is 10.6 Å². The maximum atomic E-state index is 6.10. The van der Waals surface area contributed by atoms with Crippen LogP contribution in [0.25, 0.3) is 16.9 Å². The fraction of sp³-hybridized carbons (Fsp3) is 0.125. The second-order valence-corrected chi connectivity index (χ2v) is 5.48. The fourth-order valence-electron chi connectivity index (χ4n) is 2.27. The van der Waals surface area contributed by atoms with Gasteiger partial charge in [0.25, 0.3) is 0 Å². The second kappa shape index (κ2) is 5.88. The van der Waals surface area contributed by atoms with E-state index in [1.165, 1.54) is 0 Å². The Bertz CT molecular complexity index is 781. The van der Waals surface area contributed by atoms with E-state index in [0.717, 1.165) is 28.2 Å². The number of hydrogen-bond acceptors (Lipinski definition) is 2. The number of alkyl halides is 1. The number of rotatable bonds is 3. The Balaban J connectivity index is 2.21. The summed E-state index contributed by atoms with van der Waals surface area (Å²) in [5.41, 5.74) is 4.67. The molecule has 0 spiro atoms. The Hall–Kier alpha value is -1.84. The number of nitrogens with zero attached hydrogens (tertiary/aromatic N) is 3. The van der Waals surface area contributed by atoms with Crippen molar-refractivity contribution in [2.24, 2.45) is 0 Å². The number of halogens is 2. The van der Waals surface area contributed by atoms with Crippen molar-refractivity contribution in [2.75, 3.05) is 0 Å². The van der Waals surface area contributed by atoms with Crippen LogP contribution in [-0.4, -0.2) is 15.0 Å². The molecule has 0 aliphatic heterocycles. The van der Waals surface area contributed by atoms with E-state index < -0.39 is 0 Å². The average Bonchev–Trinajstić information content (AvgIpc) is 2.91. The smallest absolute Gasteiger partial charge is 0.106 e. The van der Waals surface area contributed by atoms with Gasteiger partial charge in [0.05, 0.1) is 17.3 Å². The van der Waals surface area contributed by atoms with Crippen molar-refractivity contribution >= 4 is 23.2 Å². The molecule has 0 radical (unpaired) electrons. The van der Waals surface area contributed by atoms with Gasteiger partial charge in [0.2, 0.25) is 0 Å². The van der Waals surface area contributed by atoms with E-state index in [0.29, 0.717) is 10.9 Å². The number of aryl methyl sites for hydroxylation is 1. The molecule has 3 nitrogen and oxygen atoms in total. The van der Waals surface area contributed by atoms with E-state index in [1.807, 2.05) is 49.4 Å². The van der Waals surface area contributed by atoms with Crippen molar-refractivity contribution in [2.45, 2.75) is 12.8 Å². The first-order valence-corrected chi connectivity index (χ1v) is 7.44. The molecule has 0 N–H and O–H groups in total. The van der Waals surface area contributed by atoms with E-state index in [-0.39, 0.29) is 0 Å². The minimum absolute atomic E-state index is 0.299. The van der Waals surface area contributed by atoms with Gasteiger partial charge in [-0.2, -0.15) is 0 Å². The Morgan fingerprint density at radius 2 is 1.90 bits per heavy atom. The second-order valence-electron chi connectivity index (χ2n) is 4.78. The lowest BCUT2D eigenvalue weighted by Crippen LogP contribution is -2.00. The zero-order valence-corrected chi connectivity index (χ0v) is 12.9. The molecule has 21 heavy (non-hydrogen) atoms. The molecule has 1 heterocycles. The first kappa shape index (κ1) is 14.1. The van der Waals surface area contributed by atoms with Crippen LogP contribution in [0.2, 0.25) is 5.02 Å². The van der Waals surface area contributed by atoms with Crippen LogP contribution in [0.5, 0.6) is 0 Å². The molecular formula is C16H13Cl2N3. The van der Waals surface area contributed by atoms with Crippen LogP contribution in [0, 0.1) is 6.92 Å². The van der Waals surface area contributed by atoms with Gasteiger partial charge >= 0.3 is 0 Å². The lowest BCUT2D eigenvalue weighted by Gasteiger charge is -2.08. The van der Waals surface area contributed by atoms with Crippen LogP contribution in [-0.2, 0) is 5.88 Å². The molecule has 5 heteroatoms. The van der Waals surface area contributed by atoms with Crippen LogP contribution >= 0.6 is 23.2 Å². The van der Waals surface area contributed by atoms with Crippen molar-refractivity contribution in [3.63, 3.8) is 0 Å². The van der Waals surface area contributed by atoms with Crippen molar-refractivity contribution in [3.8, 4) is 16.9 Å². The maximum Gasteiger partial charge on any atom is 0.106 e. The molecule has 0 saturated heterocycles. The van der Waals surface area contributed by atoms with Crippen LogP contribution in [0.3, 0.4) is 0 Å². The third kappa shape index (κ3) is 2.80. The molecule has 0 aliphatic rings. The van der Waals surface area contributed by atoms with Crippen molar-refractivity contribution < 1.29 is 0 Å². The summed E-state index contributed by atoms with van der Waals surface area (Å²) in [4.78, 5) is 0. The van der Waals surface area contributed by atoms with Crippen molar-refractivity contribution in [1.82, 2.24) is 15.0 Å². The van der Waals surface area contributed by atoms with E-state index in [4.69, 9.17) is 23.2 Å². The van der Waals surface area contributed by atoms with Crippen LogP contribution in [0.15, 0.2) is 48.5 Å². The lowest BCUT2D eigenvalue weighted by molar-refractivity contribution is 0.803. The van der Waals surface area contributed by atoms with Gasteiger partial charge in [-0.1, -0.05) is 41.1 Å². The summed E-state index contributed by atoms with van der Waals surface area (Å²) in [5.74, 6) is 0.299. The monoisotopic (exact) mass is 317 g/mol. The largest absolute Gasteiger partial charge is 0.213 e. The van der Waals surface area contributed by atoms with Gasteiger partial charge in [-0.15, -0.1) is 16.7 Å². The molecule has 0 amide bonds. The summed E-state index contributed by atoms with van der Waals surface area (Å²) >= 11 is 12.1. The van der Waals surface area contributed by atoms with Crippen molar-refractivity contribution in [1.29, 1.82) is 0 Å². The SMILES string of the molecule is Cc1cccc(-n2nnc(CCl)c2-c2cccc(Cl)c2)c1. The zero-order valence-electron chi connectivity index (χ0n) is 11.4. The standard InChI is InChI=1S/C16H13Cl2N3/c1-11-4-2-7-14(8-11)21-16(15(10-17)19-20-21)12-5-3-6-13(18)9-12/h2-9H,10H2,1H3. The molecular weight excluding hydrogens is 305 g/mol. The quantitative estimate of drug-likeness (QED) is 0.659. The Morgan fingerprint density at radius 1 is 1.10 bits per heavy atom. The van der Waals surface area contributed by atoms with Gasteiger partial charge in [-0.05, 0) is 36.8 Å². The Morgan fingerprint density at radius 3 is 2.62 bits per heavy atom. The summed E-state index contributed by atoms with van der Waals surface area (Å²) in [6.07, 6.45) is 0. The molecule has 3 aromatic rings. The fourth-order valence-corrected chi connectivity index (χ4v) is 2.64. The molecule has 1 aromatic heterocycles. The number of aromatic nitrogens is 3. The highest BCUT2D eigenvalue weighted by Crippen LogP contribution is 2.28. The van der Waals surface area contributed by atoms with Gasteiger partial charge in [-0.25, -0.2) is 4.68 Å². The van der Waals surface area contributed by atoms with Gasteiger partial charge in [-0.3, -0.25) is 0 Å². The first-order valence-electron chi connectivity index (χ1n) is 6.52. The Kier molecular flexibility index (Phi) is 3.95. The lowest BCUT2D eigenvalue weighted by atomic mass is 10.1. The van der Waals surface area contributed by atoms with E-state index in [2.05, 4.69) is 16.4 Å². The normalized spacial score (nSPS) is 10.8.